The summed E-state index contributed by atoms with van der Waals surface area (Å²) in [6.07, 6.45) is 6.43. The van der Waals surface area contributed by atoms with E-state index in [0.717, 1.165) is 55.9 Å². The third kappa shape index (κ3) is 3.55. The van der Waals surface area contributed by atoms with Crippen molar-refractivity contribution in [1.82, 2.24) is 24.6 Å². The van der Waals surface area contributed by atoms with Crippen molar-refractivity contribution >= 4 is 49.2 Å². The summed E-state index contributed by atoms with van der Waals surface area (Å²) in [5, 5.41) is 11.2. The summed E-state index contributed by atoms with van der Waals surface area (Å²) in [7, 11) is 1.68. The van der Waals surface area contributed by atoms with E-state index in [1.165, 1.54) is 40.5 Å². The van der Waals surface area contributed by atoms with Gasteiger partial charge in [-0.15, -0.1) is 21.5 Å². The second-order valence-electron chi connectivity index (χ2n) is 9.01. The lowest BCUT2D eigenvalue weighted by atomic mass is 9.87. The van der Waals surface area contributed by atoms with Crippen LogP contribution in [0.5, 0.6) is 5.75 Å². The molecule has 178 valence electrons. The number of ether oxygens (including phenoxy) is 1. The largest absolute Gasteiger partial charge is 0.497 e. The molecule has 8 heteroatoms. The Hall–Kier alpha value is -3.49. The summed E-state index contributed by atoms with van der Waals surface area (Å²) in [4.78, 5) is 11.2. The van der Waals surface area contributed by atoms with Crippen LogP contribution in [0, 0.1) is 0 Å². The molecule has 6 aromatic rings. The van der Waals surface area contributed by atoms with Gasteiger partial charge in [0, 0.05) is 16.7 Å². The molecule has 0 unspecified atom stereocenters. The lowest BCUT2D eigenvalue weighted by molar-refractivity contribution is 0.414. The molecule has 4 heterocycles. The number of aryl methyl sites for hydroxylation is 1. The average molecular weight is 510 g/mol. The number of rotatable bonds is 5. The highest BCUT2D eigenvalue weighted by Gasteiger charge is 2.24. The van der Waals surface area contributed by atoms with Crippen LogP contribution in [0.15, 0.2) is 66.1 Å². The molecule has 0 fully saturated rings. The van der Waals surface area contributed by atoms with Crippen molar-refractivity contribution in [2.24, 2.45) is 0 Å². The number of thioether (sulfide) groups is 1. The zero-order valence-corrected chi connectivity index (χ0v) is 21.4. The van der Waals surface area contributed by atoms with Crippen molar-refractivity contribution in [3.05, 3.63) is 77.6 Å². The van der Waals surface area contributed by atoms with Gasteiger partial charge in [0.05, 0.1) is 18.3 Å². The highest BCUT2D eigenvalue weighted by molar-refractivity contribution is 7.98. The highest BCUT2D eigenvalue weighted by Crippen LogP contribution is 2.42. The molecule has 7 rings (SSSR count). The molecule has 0 atom stereocenters. The molecule has 0 radical (unpaired) electrons. The van der Waals surface area contributed by atoms with E-state index >= 15 is 0 Å². The Labute approximate surface area is 216 Å². The first kappa shape index (κ1) is 21.8. The smallest absolute Gasteiger partial charge is 0.197 e. The third-order valence-electron chi connectivity index (χ3n) is 6.88. The first-order chi connectivity index (χ1) is 17.8. The maximum absolute atomic E-state index is 5.26. The van der Waals surface area contributed by atoms with Crippen molar-refractivity contribution < 1.29 is 4.74 Å². The Morgan fingerprint density at radius 3 is 2.58 bits per heavy atom. The molecule has 0 saturated heterocycles. The van der Waals surface area contributed by atoms with E-state index < -0.39 is 0 Å². The number of aromatic nitrogens is 5. The number of nitrogens with zero attached hydrogens (tertiary/aromatic N) is 5. The van der Waals surface area contributed by atoms with E-state index in [2.05, 4.69) is 52.7 Å². The van der Waals surface area contributed by atoms with Gasteiger partial charge >= 0.3 is 0 Å². The Morgan fingerprint density at radius 1 is 0.972 bits per heavy atom. The maximum Gasteiger partial charge on any atom is 0.197 e. The second-order valence-corrected chi connectivity index (χ2v) is 10.9. The van der Waals surface area contributed by atoms with Crippen LogP contribution in [0.25, 0.3) is 37.3 Å². The molecule has 0 bridgehead atoms. The Kier molecular flexibility index (Phi) is 5.36. The second kappa shape index (κ2) is 8.87. The van der Waals surface area contributed by atoms with Gasteiger partial charge in [-0.25, -0.2) is 9.97 Å². The van der Waals surface area contributed by atoms with Gasteiger partial charge in [-0.2, -0.15) is 0 Å². The Morgan fingerprint density at radius 2 is 1.78 bits per heavy atom. The van der Waals surface area contributed by atoms with Gasteiger partial charge in [0.1, 0.15) is 21.6 Å². The van der Waals surface area contributed by atoms with E-state index in [9.17, 15) is 0 Å². The van der Waals surface area contributed by atoms with Crippen LogP contribution in [0.3, 0.4) is 0 Å². The van der Waals surface area contributed by atoms with Crippen molar-refractivity contribution in [3.63, 3.8) is 0 Å². The number of hydrogen-bond donors (Lipinski definition) is 0. The highest BCUT2D eigenvalue weighted by atomic mass is 32.2. The summed E-state index contributed by atoms with van der Waals surface area (Å²) < 4.78 is 8.33. The summed E-state index contributed by atoms with van der Waals surface area (Å²) in [6.45, 7) is 0. The minimum atomic E-state index is 0.796. The van der Waals surface area contributed by atoms with Crippen LogP contribution in [-0.4, -0.2) is 31.7 Å². The van der Waals surface area contributed by atoms with E-state index in [-0.39, 0.29) is 0 Å². The van der Waals surface area contributed by atoms with Crippen LogP contribution in [0.2, 0.25) is 0 Å². The van der Waals surface area contributed by atoms with E-state index in [1.54, 1.807) is 30.2 Å². The number of thiophene rings is 1. The predicted molar refractivity (Wildman–Crippen MR) is 146 cm³/mol. The molecule has 0 saturated carbocycles. The molecule has 0 N–H and O–H groups in total. The summed E-state index contributed by atoms with van der Waals surface area (Å²) in [5.74, 6) is 1.66. The Balaban J connectivity index is 1.34. The molecule has 1 aliphatic carbocycles. The SMILES string of the molecule is COc1ccc(CSc2nnc3c4sc5nc(-c6ccccc6)c6c(c5c4ncn23)CCCC6)cc1. The van der Waals surface area contributed by atoms with Crippen molar-refractivity contribution in [3.8, 4) is 17.0 Å². The number of methoxy groups -OCH3 is 1. The molecule has 0 spiro atoms. The average Bonchev–Trinajstić information content (AvgIpc) is 3.53. The molecule has 4 aromatic heterocycles. The first-order valence-corrected chi connectivity index (χ1v) is 13.9. The third-order valence-corrected chi connectivity index (χ3v) is 8.96. The van der Waals surface area contributed by atoms with Crippen molar-refractivity contribution in [2.75, 3.05) is 7.11 Å². The van der Waals surface area contributed by atoms with Gasteiger partial charge in [-0.1, -0.05) is 54.2 Å². The first-order valence-electron chi connectivity index (χ1n) is 12.1. The van der Waals surface area contributed by atoms with E-state index in [1.807, 2.05) is 22.9 Å². The van der Waals surface area contributed by atoms with Gasteiger partial charge in [-0.05, 0) is 54.5 Å². The maximum atomic E-state index is 5.26. The van der Waals surface area contributed by atoms with Gasteiger partial charge < -0.3 is 4.74 Å². The molecule has 6 nitrogen and oxygen atoms in total. The fourth-order valence-corrected chi connectivity index (χ4v) is 7.10. The number of benzene rings is 2. The van der Waals surface area contributed by atoms with Crippen molar-refractivity contribution in [2.45, 2.75) is 36.6 Å². The summed E-state index contributed by atoms with van der Waals surface area (Å²) in [6, 6.07) is 18.7. The van der Waals surface area contributed by atoms with Crippen LogP contribution in [0.1, 0.15) is 29.5 Å². The molecular weight excluding hydrogens is 486 g/mol. The van der Waals surface area contributed by atoms with E-state index in [0.29, 0.717) is 0 Å². The molecule has 36 heavy (non-hydrogen) atoms. The minimum Gasteiger partial charge on any atom is -0.497 e. The number of hydrogen-bond acceptors (Lipinski definition) is 7. The van der Waals surface area contributed by atoms with Gasteiger partial charge in [0.25, 0.3) is 0 Å². The summed E-state index contributed by atoms with van der Waals surface area (Å²) in [5.41, 5.74) is 8.18. The monoisotopic (exact) mass is 509 g/mol. The Bertz CT molecular complexity index is 1720. The molecule has 2 aromatic carbocycles. The molecular formula is C28H23N5OS2. The normalized spacial score (nSPS) is 13.5. The lowest BCUT2D eigenvalue weighted by Gasteiger charge is -2.20. The zero-order chi connectivity index (χ0) is 24.1. The molecule has 1 aliphatic rings. The number of fused-ring (bicyclic) bond motifs is 7. The standard InChI is InChI=1S/C28H23N5OS2/c1-34-19-13-11-17(12-14-19)15-35-28-32-31-26-25-24(29-16-33(26)28)22-20-9-5-6-10-21(20)23(30-27(22)36-25)18-7-3-2-4-8-18/h2-4,7-8,11-14,16H,5-6,9-10,15H2,1H3. The quantitative estimate of drug-likeness (QED) is 0.240. The fraction of sp³-hybridized carbons (Fsp3) is 0.214. The molecule has 0 aliphatic heterocycles. The molecule has 0 amide bonds. The van der Waals surface area contributed by atoms with Crippen LogP contribution >= 0.6 is 23.1 Å². The summed E-state index contributed by atoms with van der Waals surface area (Å²) >= 11 is 3.34. The van der Waals surface area contributed by atoms with Crippen LogP contribution in [0.4, 0.5) is 0 Å². The van der Waals surface area contributed by atoms with Gasteiger partial charge in [0.2, 0.25) is 0 Å². The lowest BCUT2D eigenvalue weighted by Crippen LogP contribution is -2.07. The van der Waals surface area contributed by atoms with Crippen LogP contribution in [-0.2, 0) is 18.6 Å². The minimum absolute atomic E-state index is 0.796. The van der Waals surface area contributed by atoms with Crippen LogP contribution < -0.4 is 4.74 Å². The zero-order valence-electron chi connectivity index (χ0n) is 19.8. The van der Waals surface area contributed by atoms with Gasteiger partial charge in [-0.3, -0.25) is 4.40 Å². The topological polar surface area (TPSA) is 65.2 Å². The fourth-order valence-electron chi connectivity index (χ4n) is 5.10. The van der Waals surface area contributed by atoms with Crippen molar-refractivity contribution in [1.29, 1.82) is 0 Å². The van der Waals surface area contributed by atoms with Gasteiger partial charge in [0.15, 0.2) is 10.8 Å². The van der Waals surface area contributed by atoms with E-state index in [4.69, 9.17) is 14.7 Å². The number of pyridine rings is 1. The predicted octanol–water partition coefficient (Wildman–Crippen LogP) is 6.73.